The van der Waals surface area contributed by atoms with Crippen molar-refractivity contribution >= 4 is 23.1 Å². The summed E-state index contributed by atoms with van der Waals surface area (Å²) in [5.74, 6) is 0.322. The first kappa shape index (κ1) is 25.3. The molecule has 6 heteroatoms. The molecule has 0 fully saturated rings. The van der Waals surface area contributed by atoms with Gasteiger partial charge in [-0.1, -0.05) is 36.4 Å². The van der Waals surface area contributed by atoms with E-state index in [0.29, 0.717) is 47.0 Å². The summed E-state index contributed by atoms with van der Waals surface area (Å²) in [5.41, 5.74) is 4.53. The van der Waals surface area contributed by atoms with Gasteiger partial charge in [-0.25, -0.2) is 0 Å². The topological polar surface area (TPSA) is 86.7 Å². The average molecular weight is 509 g/mol. The molecule has 0 heterocycles. The summed E-state index contributed by atoms with van der Waals surface area (Å²) in [4.78, 5) is 52.5. The predicted molar refractivity (Wildman–Crippen MR) is 142 cm³/mol. The molecule has 0 aliphatic heterocycles. The highest BCUT2D eigenvalue weighted by atomic mass is 16.5. The highest BCUT2D eigenvalue weighted by Crippen LogP contribution is 2.35. The molecule has 2 aromatic carbocycles. The summed E-state index contributed by atoms with van der Waals surface area (Å²) in [6.45, 7) is 4.49. The quantitative estimate of drug-likeness (QED) is 0.570. The van der Waals surface area contributed by atoms with E-state index in [0.717, 1.165) is 22.3 Å². The molecule has 0 unspecified atom stereocenters. The molecule has 5 rings (SSSR count). The van der Waals surface area contributed by atoms with Crippen LogP contribution >= 0.6 is 0 Å². The first-order chi connectivity index (χ1) is 18.4. The molecule has 192 valence electrons. The molecule has 0 atom stereocenters. The van der Waals surface area contributed by atoms with Crippen LogP contribution in [0.2, 0.25) is 0 Å². The van der Waals surface area contributed by atoms with E-state index >= 15 is 0 Å². The van der Waals surface area contributed by atoms with E-state index in [9.17, 15) is 19.2 Å². The molecule has 0 aromatic heterocycles. The van der Waals surface area contributed by atoms with Gasteiger partial charge in [0.25, 0.3) is 0 Å². The minimum absolute atomic E-state index is 0.180. The monoisotopic (exact) mass is 508 g/mol. The van der Waals surface area contributed by atoms with Gasteiger partial charge in [0.1, 0.15) is 11.5 Å². The van der Waals surface area contributed by atoms with Crippen LogP contribution < -0.4 is 9.47 Å². The summed E-state index contributed by atoms with van der Waals surface area (Å²) in [7, 11) is 0. The fourth-order valence-corrected chi connectivity index (χ4v) is 5.28. The molecule has 2 aromatic rings. The lowest BCUT2D eigenvalue weighted by atomic mass is 9.84. The fraction of sp³-hybridized carbons (Fsp3) is 0.250. The number of benzene rings is 2. The van der Waals surface area contributed by atoms with Crippen molar-refractivity contribution in [1.82, 2.24) is 0 Å². The fourth-order valence-electron chi connectivity index (χ4n) is 5.28. The maximum Gasteiger partial charge on any atom is 0.185 e. The highest BCUT2D eigenvalue weighted by molar-refractivity contribution is 6.21. The van der Waals surface area contributed by atoms with E-state index in [1.54, 1.807) is 0 Å². The number of rotatable bonds is 4. The van der Waals surface area contributed by atoms with Gasteiger partial charge in [-0.3, -0.25) is 19.2 Å². The maximum atomic E-state index is 13.6. The van der Waals surface area contributed by atoms with Crippen LogP contribution in [0.15, 0.2) is 83.0 Å². The number of allylic oxidation sites excluding steroid dienone is 8. The third-order valence-electron chi connectivity index (χ3n) is 6.89. The molecular formula is C32H28O6. The van der Waals surface area contributed by atoms with Crippen LogP contribution in [0.4, 0.5) is 0 Å². The van der Waals surface area contributed by atoms with Crippen LogP contribution in [0.1, 0.15) is 36.1 Å². The van der Waals surface area contributed by atoms with Crippen molar-refractivity contribution in [2.24, 2.45) is 0 Å². The first-order valence-corrected chi connectivity index (χ1v) is 12.8. The maximum absolute atomic E-state index is 13.6. The van der Waals surface area contributed by atoms with Gasteiger partial charge in [-0.05, 0) is 60.4 Å². The average Bonchev–Trinajstić information content (AvgIpc) is 2.88. The normalized spacial score (nSPS) is 17.3. The minimum Gasteiger partial charge on any atom is -0.493 e. The number of hydrogen-bond acceptors (Lipinski definition) is 6. The second-order valence-corrected chi connectivity index (χ2v) is 9.53. The smallest absolute Gasteiger partial charge is 0.185 e. The van der Waals surface area contributed by atoms with Crippen LogP contribution in [0.5, 0.6) is 11.5 Å². The molecule has 0 saturated carbocycles. The van der Waals surface area contributed by atoms with Gasteiger partial charge >= 0.3 is 0 Å². The van der Waals surface area contributed by atoms with E-state index < -0.39 is 0 Å². The highest BCUT2D eigenvalue weighted by Gasteiger charge is 2.28. The van der Waals surface area contributed by atoms with E-state index in [-0.39, 0.29) is 48.8 Å². The number of ether oxygens (including phenoxy) is 2. The molecular weight excluding hydrogens is 480 g/mol. The van der Waals surface area contributed by atoms with Crippen LogP contribution in [0.25, 0.3) is 0 Å². The largest absolute Gasteiger partial charge is 0.493 e. The van der Waals surface area contributed by atoms with Crippen molar-refractivity contribution in [2.75, 3.05) is 13.2 Å². The third kappa shape index (κ3) is 4.94. The minimum atomic E-state index is -0.229. The summed E-state index contributed by atoms with van der Waals surface area (Å²) >= 11 is 0. The van der Waals surface area contributed by atoms with E-state index in [1.165, 1.54) is 24.3 Å². The number of carbonyl (C=O) groups is 4. The number of carbonyl (C=O) groups excluding carboxylic acids is 4. The Morgan fingerprint density at radius 1 is 0.526 bits per heavy atom. The van der Waals surface area contributed by atoms with Gasteiger partial charge < -0.3 is 9.47 Å². The van der Waals surface area contributed by atoms with Gasteiger partial charge in [0.2, 0.25) is 0 Å². The molecule has 38 heavy (non-hydrogen) atoms. The molecule has 0 radical (unpaired) electrons. The molecule has 0 spiro atoms. The number of hydrogen-bond donors (Lipinski definition) is 0. The van der Waals surface area contributed by atoms with Crippen molar-refractivity contribution in [3.8, 4) is 11.5 Å². The molecule has 3 aliphatic carbocycles. The Hall–Kier alpha value is -4.32. The van der Waals surface area contributed by atoms with Gasteiger partial charge in [-0.2, -0.15) is 0 Å². The zero-order valence-corrected chi connectivity index (χ0v) is 21.5. The lowest BCUT2D eigenvalue weighted by molar-refractivity contribution is -0.115. The van der Waals surface area contributed by atoms with Crippen LogP contribution in [-0.2, 0) is 44.9 Å². The van der Waals surface area contributed by atoms with E-state index in [1.807, 2.05) is 50.2 Å². The molecule has 6 nitrogen and oxygen atoms in total. The number of fused-ring (bicyclic) bond motifs is 8. The van der Waals surface area contributed by atoms with Crippen LogP contribution in [0.3, 0.4) is 0 Å². The summed E-state index contributed by atoms with van der Waals surface area (Å²) in [6.07, 6.45) is 6.39. The second-order valence-electron chi connectivity index (χ2n) is 9.53. The van der Waals surface area contributed by atoms with Crippen molar-refractivity contribution in [1.29, 1.82) is 0 Å². The van der Waals surface area contributed by atoms with Crippen molar-refractivity contribution in [2.45, 2.75) is 39.5 Å². The van der Waals surface area contributed by atoms with Crippen LogP contribution in [-0.4, -0.2) is 36.3 Å². The summed E-state index contributed by atoms with van der Waals surface area (Å²) in [5, 5.41) is 0. The lowest BCUT2D eigenvalue weighted by Gasteiger charge is -2.22. The molecule has 0 amide bonds. The predicted octanol–water partition coefficient (Wildman–Crippen LogP) is 4.38. The summed E-state index contributed by atoms with van der Waals surface area (Å²) in [6, 6.07) is 11.1. The van der Waals surface area contributed by atoms with Gasteiger partial charge in [-0.15, -0.1) is 0 Å². The number of Topliss-reactive ketones (excluding diaryl/α,β-unsaturated/α-hetero) is 2. The molecule has 0 N–H and O–H groups in total. The molecule has 3 aliphatic rings. The van der Waals surface area contributed by atoms with Crippen molar-refractivity contribution in [3.63, 3.8) is 0 Å². The standard InChI is InChI=1S/C32H28O6/c1-3-37-31-19-7-5-8-20(31)12-24-16-28(34)18-26(30(24)36)14-22-10-6-9-21(32(22)38-4-2)13-25-17-27(33)15-23(11-19)29(25)35/h5-10,15-18H,3-4,11-14H2,1-2H3. The van der Waals surface area contributed by atoms with Gasteiger partial charge in [0.05, 0.1) is 13.2 Å². The Balaban J connectivity index is 1.68. The lowest BCUT2D eigenvalue weighted by Crippen LogP contribution is -2.20. The summed E-state index contributed by atoms with van der Waals surface area (Å²) < 4.78 is 12.0. The van der Waals surface area contributed by atoms with Gasteiger partial charge in [0, 0.05) is 48.0 Å². The van der Waals surface area contributed by atoms with Crippen LogP contribution in [0, 0.1) is 0 Å². The zero-order chi connectivity index (χ0) is 26.8. The second kappa shape index (κ2) is 10.6. The number of ketones is 4. The van der Waals surface area contributed by atoms with E-state index in [2.05, 4.69) is 0 Å². The first-order valence-electron chi connectivity index (χ1n) is 12.8. The Morgan fingerprint density at radius 2 is 0.816 bits per heavy atom. The van der Waals surface area contributed by atoms with Crippen molar-refractivity contribution < 1.29 is 28.7 Å². The Bertz CT molecular complexity index is 1290. The third-order valence-corrected chi connectivity index (χ3v) is 6.89. The molecule has 8 bridgehead atoms. The zero-order valence-electron chi connectivity index (χ0n) is 21.5. The molecule has 0 saturated heterocycles. The van der Waals surface area contributed by atoms with E-state index in [4.69, 9.17) is 9.47 Å². The van der Waals surface area contributed by atoms with Crippen molar-refractivity contribution in [3.05, 3.63) is 105 Å². The Labute approximate surface area is 221 Å². The van der Waals surface area contributed by atoms with Gasteiger partial charge in [0.15, 0.2) is 23.1 Å². The SMILES string of the molecule is CCOc1c2cccc1CC1=CC(=O)C=C(Cc3cccc(c3OCC)CC3=CC(=O)C=C(C2)C3=O)C1=O. The Kier molecular flexibility index (Phi) is 7.05. The number of para-hydroxylation sites is 2. The Morgan fingerprint density at radius 3 is 1.08 bits per heavy atom.